The average Bonchev–Trinajstić information content (AvgIpc) is 3.01. The minimum atomic E-state index is -0.691. The number of hydrogen-bond donors (Lipinski definition) is 0. The Morgan fingerprint density at radius 3 is 2.46 bits per heavy atom. The fourth-order valence-corrected chi connectivity index (χ4v) is 2.49. The number of carbonyl (C=O) groups excluding carboxylic acids is 3. The van der Waals surface area contributed by atoms with Gasteiger partial charge in [-0.1, -0.05) is 30.3 Å². The second-order valence-electron chi connectivity index (χ2n) is 6.73. The van der Waals surface area contributed by atoms with Gasteiger partial charge in [0.15, 0.2) is 12.4 Å². The summed E-state index contributed by atoms with van der Waals surface area (Å²) >= 11 is 0. The fourth-order valence-electron chi connectivity index (χ4n) is 2.49. The number of ketones is 1. The molecule has 0 aromatic heterocycles. The van der Waals surface area contributed by atoms with Crippen molar-refractivity contribution in [1.29, 1.82) is 0 Å². The Morgan fingerprint density at radius 1 is 1.17 bits per heavy atom. The van der Waals surface area contributed by atoms with Gasteiger partial charge in [0.1, 0.15) is 11.6 Å². The van der Waals surface area contributed by atoms with Crippen LogP contribution < -0.4 is 0 Å². The molecule has 130 valence electrons. The lowest BCUT2D eigenvalue weighted by Gasteiger charge is -2.27. The van der Waals surface area contributed by atoms with Gasteiger partial charge < -0.3 is 9.47 Å². The number of hydrogen-bond acceptors (Lipinski definition) is 5. The first-order valence-corrected chi connectivity index (χ1v) is 8.02. The van der Waals surface area contributed by atoms with Crippen molar-refractivity contribution >= 4 is 17.8 Å². The van der Waals surface area contributed by atoms with Gasteiger partial charge >= 0.3 is 12.1 Å². The Hall–Kier alpha value is -2.37. The molecule has 6 heteroatoms. The molecule has 0 bridgehead atoms. The summed E-state index contributed by atoms with van der Waals surface area (Å²) in [5, 5.41) is 0. The zero-order chi connectivity index (χ0) is 17.7. The van der Waals surface area contributed by atoms with E-state index in [4.69, 9.17) is 9.47 Å². The second-order valence-corrected chi connectivity index (χ2v) is 6.73. The van der Waals surface area contributed by atoms with Gasteiger partial charge in [-0.05, 0) is 33.6 Å². The maximum Gasteiger partial charge on any atom is 0.411 e. The van der Waals surface area contributed by atoms with Crippen LogP contribution in [0.5, 0.6) is 0 Å². The number of benzene rings is 1. The van der Waals surface area contributed by atoms with Crippen molar-refractivity contribution in [3.8, 4) is 0 Å². The second kappa shape index (κ2) is 7.47. The van der Waals surface area contributed by atoms with Gasteiger partial charge in [0, 0.05) is 12.1 Å². The van der Waals surface area contributed by atoms with Crippen LogP contribution in [0.1, 0.15) is 44.0 Å². The van der Waals surface area contributed by atoms with Crippen LogP contribution in [0.3, 0.4) is 0 Å². The van der Waals surface area contributed by atoms with Crippen molar-refractivity contribution in [1.82, 2.24) is 4.90 Å². The molecule has 0 spiro atoms. The van der Waals surface area contributed by atoms with Gasteiger partial charge in [-0.15, -0.1) is 0 Å². The first-order valence-electron chi connectivity index (χ1n) is 8.02. The van der Waals surface area contributed by atoms with E-state index in [9.17, 15) is 14.4 Å². The molecule has 0 unspecified atom stereocenters. The van der Waals surface area contributed by atoms with Crippen LogP contribution in [0.15, 0.2) is 30.3 Å². The molecule has 1 heterocycles. The summed E-state index contributed by atoms with van der Waals surface area (Å²) < 4.78 is 10.4. The molecule has 1 aromatic rings. The summed E-state index contributed by atoms with van der Waals surface area (Å²) in [6.45, 7) is 5.43. The Labute approximate surface area is 141 Å². The number of rotatable bonds is 4. The monoisotopic (exact) mass is 333 g/mol. The quantitative estimate of drug-likeness (QED) is 0.626. The molecule has 1 saturated heterocycles. The maximum absolute atomic E-state index is 12.2. The highest BCUT2D eigenvalue weighted by atomic mass is 16.6. The highest BCUT2D eigenvalue weighted by Gasteiger charge is 2.37. The van der Waals surface area contributed by atoms with Crippen molar-refractivity contribution in [3.63, 3.8) is 0 Å². The number of carbonyl (C=O) groups is 3. The maximum atomic E-state index is 12.2. The highest BCUT2D eigenvalue weighted by Crippen LogP contribution is 2.21. The average molecular weight is 333 g/mol. The van der Waals surface area contributed by atoms with Gasteiger partial charge in [0.25, 0.3) is 0 Å². The summed E-state index contributed by atoms with van der Waals surface area (Å²) in [5.74, 6) is -0.839. The van der Waals surface area contributed by atoms with Gasteiger partial charge in [0.05, 0.1) is 0 Å². The minimum absolute atomic E-state index is 0.272. The molecule has 0 N–H and O–H groups in total. The summed E-state index contributed by atoms with van der Waals surface area (Å²) in [6.07, 6.45) is 0.680. The molecule has 0 radical (unpaired) electrons. The lowest BCUT2D eigenvalue weighted by atomic mass is 10.1. The van der Waals surface area contributed by atoms with E-state index in [-0.39, 0.29) is 12.4 Å². The summed E-state index contributed by atoms with van der Waals surface area (Å²) in [5.41, 5.74) is -0.141. The van der Waals surface area contributed by atoms with E-state index in [1.807, 2.05) is 0 Å². The van der Waals surface area contributed by atoms with E-state index in [1.54, 1.807) is 51.1 Å². The zero-order valence-electron chi connectivity index (χ0n) is 14.3. The Morgan fingerprint density at radius 2 is 1.83 bits per heavy atom. The Kier molecular flexibility index (Phi) is 5.59. The molecular weight excluding hydrogens is 310 g/mol. The van der Waals surface area contributed by atoms with E-state index in [1.165, 1.54) is 4.90 Å². The van der Waals surface area contributed by atoms with Gasteiger partial charge in [-0.3, -0.25) is 9.69 Å². The predicted molar refractivity (Wildman–Crippen MR) is 87.7 cm³/mol. The topological polar surface area (TPSA) is 72.9 Å². The van der Waals surface area contributed by atoms with E-state index in [2.05, 4.69) is 0 Å². The molecule has 1 fully saturated rings. The van der Waals surface area contributed by atoms with Crippen molar-refractivity contribution in [2.45, 2.75) is 45.3 Å². The zero-order valence-corrected chi connectivity index (χ0v) is 14.3. The Balaban J connectivity index is 1.91. The summed E-state index contributed by atoms with van der Waals surface area (Å²) in [6, 6.07) is 7.94. The standard InChI is InChI=1S/C18H23NO5/c1-18(2,3)24-17(22)19-11-7-10-14(19)16(21)23-12-15(20)13-8-5-4-6-9-13/h4-6,8-9,14H,7,10-12H2,1-3H3/t14-/m1/s1. The molecular formula is C18H23NO5. The van der Waals surface area contributed by atoms with Crippen molar-refractivity contribution < 1.29 is 23.9 Å². The van der Waals surface area contributed by atoms with Crippen molar-refractivity contribution in [2.75, 3.05) is 13.2 Å². The molecule has 1 aliphatic rings. The number of esters is 1. The molecule has 6 nitrogen and oxygen atoms in total. The third kappa shape index (κ3) is 4.81. The highest BCUT2D eigenvalue weighted by molar-refractivity contribution is 5.98. The summed E-state index contributed by atoms with van der Waals surface area (Å²) in [4.78, 5) is 37.8. The Bertz CT molecular complexity index is 606. The van der Waals surface area contributed by atoms with Crippen LogP contribution in [0.2, 0.25) is 0 Å². The smallest absolute Gasteiger partial charge is 0.411 e. The molecule has 1 atom stereocenters. The SMILES string of the molecule is CC(C)(C)OC(=O)N1CCC[C@@H]1C(=O)OCC(=O)c1ccccc1. The first kappa shape index (κ1) is 18.0. The van der Waals surface area contributed by atoms with Crippen LogP contribution in [0, 0.1) is 0 Å². The number of amides is 1. The molecule has 1 aromatic carbocycles. The molecule has 1 aliphatic heterocycles. The van der Waals surface area contributed by atoms with Crippen LogP contribution >= 0.6 is 0 Å². The van der Waals surface area contributed by atoms with E-state index >= 15 is 0 Å². The summed E-state index contributed by atoms with van der Waals surface area (Å²) in [7, 11) is 0. The van der Waals surface area contributed by atoms with Crippen LogP contribution in [0.25, 0.3) is 0 Å². The number of nitrogens with zero attached hydrogens (tertiary/aromatic N) is 1. The third-order valence-corrected chi connectivity index (χ3v) is 3.59. The number of ether oxygens (including phenoxy) is 2. The molecule has 0 saturated carbocycles. The predicted octanol–water partition coefficient (Wildman–Crippen LogP) is 2.81. The van der Waals surface area contributed by atoms with Crippen molar-refractivity contribution in [3.05, 3.63) is 35.9 Å². The molecule has 2 rings (SSSR count). The number of likely N-dealkylation sites (tertiary alicyclic amines) is 1. The van der Waals surface area contributed by atoms with Gasteiger partial charge in [0.2, 0.25) is 0 Å². The van der Waals surface area contributed by atoms with Crippen LogP contribution in [-0.2, 0) is 14.3 Å². The van der Waals surface area contributed by atoms with Crippen molar-refractivity contribution in [2.24, 2.45) is 0 Å². The van der Waals surface area contributed by atoms with E-state index in [0.29, 0.717) is 24.9 Å². The normalized spacial score (nSPS) is 17.5. The van der Waals surface area contributed by atoms with Gasteiger partial charge in [-0.2, -0.15) is 0 Å². The minimum Gasteiger partial charge on any atom is -0.456 e. The molecule has 0 aliphatic carbocycles. The van der Waals surface area contributed by atoms with E-state index in [0.717, 1.165) is 0 Å². The first-order chi connectivity index (χ1) is 11.3. The largest absolute Gasteiger partial charge is 0.456 e. The van der Waals surface area contributed by atoms with Crippen LogP contribution in [0.4, 0.5) is 4.79 Å². The third-order valence-electron chi connectivity index (χ3n) is 3.59. The molecule has 1 amide bonds. The van der Waals surface area contributed by atoms with Gasteiger partial charge in [-0.25, -0.2) is 9.59 Å². The molecule has 24 heavy (non-hydrogen) atoms. The number of Topliss-reactive ketones (excluding diaryl/α,β-unsaturated/α-hetero) is 1. The van der Waals surface area contributed by atoms with E-state index < -0.39 is 23.7 Å². The fraction of sp³-hybridized carbons (Fsp3) is 0.500. The lowest BCUT2D eigenvalue weighted by Crippen LogP contribution is -2.44. The van der Waals surface area contributed by atoms with Crippen LogP contribution in [-0.4, -0.2) is 47.5 Å². The lowest BCUT2D eigenvalue weighted by molar-refractivity contribution is -0.147.